The number of aryl methyl sites for hydroxylation is 1. The number of anilines is 3. The molecule has 0 fully saturated rings. The Morgan fingerprint density at radius 1 is 1.22 bits per heavy atom. The van der Waals surface area contributed by atoms with E-state index in [1.807, 2.05) is 32.0 Å². The van der Waals surface area contributed by atoms with Crippen LogP contribution in [0.1, 0.15) is 35.9 Å². The van der Waals surface area contributed by atoms with E-state index in [2.05, 4.69) is 30.7 Å². The minimum absolute atomic E-state index is 0. The molecule has 0 bridgehead atoms. The maximum absolute atomic E-state index is 12.6. The van der Waals surface area contributed by atoms with Crippen molar-refractivity contribution in [2.24, 2.45) is 0 Å². The van der Waals surface area contributed by atoms with Crippen molar-refractivity contribution in [3.05, 3.63) is 53.2 Å². The molecule has 1 aliphatic rings. The standard InChI is InChI=1S/C20H22F2N8O.H2S/c1-11-16-18(29(3)12(2)19(31)27-16)28-20(26-11)24-7-14-8-25-30(10-14)9-13-4-5-15(17(21)22)23-6-13;/h4-6,8,10,12,17H,7,9H2,1-3H3,(H,27,31)(H,24,26,28);1H2/t12-;/m0./s1. The second-order valence-corrected chi connectivity index (χ2v) is 7.40. The molecule has 4 rings (SSSR count). The van der Waals surface area contributed by atoms with Crippen LogP contribution in [0.2, 0.25) is 0 Å². The van der Waals surface area contributed by atoms with Crippen LogP contribution in [0.3, 0.4) is 0 Å². The summed E-state index contributed by atoms with van der Waals surface area (Å²) in [5.41, 5.74) is 2.74. The Kier molecular flexibility index (Phi) is 6.92. The van der Waals surface area contributed by atoms with Gasteiger partial charge in [0.1, 0.15) is 17.4 Å². The van der Waals surface area contributed by atoms with Gasteiger partial charge in [0.2, 0.25) is 11.9 Å². The predicted octanol–water partition coefficient (Wildman–Crippen LogP) is 2.86. The average Bonchev–Trinajstić information content (AvgIpc) is 3.19. The lowest BCUT2D eigenvalue weighted by Crippen LogP contribution is -2.44. The molecule has 32 heavy (non-hydrogen) atoms. The second-order valence-electron chi connectivity index (χ2n) is 7.40. The molecule has 1 aliphatic heterocycles. The summed E-state index contributed by atoms with van der Waals surface area (Å²) in [6.45, 7) is 4.51. The van der Waals surface area contributed by atoms with Crippen LogP contribution in [0, 0.1) is 6.92 Å². The molecule has 0 aromatic carbocycles. The minimum atomic E-state index is -2.58. The number of pyridine rings is 1. The van der Waals surface area contributed by atoms with Crippen LogP contribution >= 0.6 is 13.5 Å². The molecule has 9 nitrogen and oxygen atoms in total. The van der Waals surface area contributed by atoms with Gasteiger partial charge in [0.05, 0.1) is 18.4 Å². The van der Waals surface area contributed by atoms with Gasteiger partial charge in [-0.25, -0.2) is 13.8 Å². The van der Waals surface area contributed by atoms with Crippen molar-refractivity contribution in [1.82, 2.24) is 24.7 Å². The van der Waals surface area contributed by atoms with Crippen molar-refractivity contribution in [2.75, 3.05) is 22.6 Å². The van der Waals surface area contributed by atoms with Crippen LogP contribution in [0.4, 0.5) is 26.2 Å². The van der Waals surface area contributed by atoms with Gasteiger partial charge in [-0.2, -0.15) is 23.6 Å². The first-order valence-electron chi connectivity index (χ1n) is 9.72. The van der Waals surface area contributed by atoms with E-state index in [1.54, 1.807) is 16.9 Å². The average molecular weight is 463 g/mol. The molecular weight excluding hydrogens is 438 g/mol. The van der Waals surface area contributed by atoms with Crippen molar-refractivity contribution >= 4 is 36.9 Å². The monoisotopic (exact) mass is 462 g/mol. The maximum Gasteiger partial charge on any atom is 0.280 e. The Hall–Kier alpha value is -3.28. The summed E-state index contributed by atoms with van der Waals surface area (Å²) in [6.07, 6.45) is 2.42. The van der Waals surface area contributed by atoms with Crippen molar-refractivity contribution in [1.29, 1.82) is 0 Å². The number of carbonyl (C=O) groups is 1. The summed E-state index contributed by atoms with van der Waals surface area (Å²) in [6, 6.07) is 2.62. The molecule has 4 heterocycles. The van der Waals surface area contributed by atoms with Crippen LogP contribution in [0.5, 0.6) is 0 Å². The summed E-state index contributed by atoms with van der Waals surface area (Å²) in [5, 5.41) is 10.3. The molecule has 0 saturated carbocycles. The summed E-state index contributed by atoms with van der Waals surface area (Å²) < 4.78 is 26.9. The Balaban J connectivity index is 0.00000289. The second kappa shape index (κ2) is 9.47. The minimum Gasteiger partial charge on any atom is -0.350 e. The number of halogens is 2. The highest BCUT2D eigenvalue weighted by Crippen LogP contribution is 2.32. The Bertz CT molecular complexity index is 1110. The van der Waals surface area contributed by atoms with E-state index in [0.29, 0.717) is 36.2 Å². The van der Waals surface area contributed by atoms with Gasteiger partial charge in [0, 0.05) is 31.5 Å². The van der Waals surface area contributed by atoms with E-state index in [-0.39, 0.29) is 31.1 Å². The van der Waals surface area contributed by atoms with Gasteiger partial charge in [-0.1, -0.05) is 6.07 Å². The summed E-state index contributed by atoms with van der Waals surface area (Å²) in [5.74, 6) is 1.03. The number of rotatable bonds is 6. The third-order valence-electron chi connectivity index (χ3n) is 5.17. The van der Waals surface area contributed by atoms with Gasteiger partial charge in [-0.3, -0.25) is 14.5 Å². The molecule has 0 unspecified atom stereocenters. The van der Waals surface area contributed by atoms with Crippen LogP contribution in [0.15, 0.2) is 30.7 Å². The van der Waals surface area contributed by atoms with Gasteiger partial charge in [-0.15, -0.1) is 0 Å². The molecule has 12 heteroatoms. The molecule has 2 N–H and O–H groups in total. The van der Waals surface area contributed by atoms with E-state index in [4.69, 9.17) is 0 Å². The number of alkyl halides is 2. The maximum atomic E-state index is 12.6. The Morgan fingerprint density at radius 3 is 2.69 bits per heavy atom. The van der Waals surface area contributed by atoms with Crippen molar-refractivity contribution in [3.8, 4) is 0 Å². The zero-order chi connectivity index (χ0) is 22.1. The number of amides is 1. The molecule has 1 amide bonds. The fraction of sp³-hybridized carbons (Fsp3) is 0.350. The zero-order valence-corrected chi connectivity index (χ0v) is 18.8. The van der Waals surface area contributed by atoms with Gasteiger partial charge >= 0.3 is 0 Å². The first-order chi connectivity index (χ1) is 14.8. The number of aromatic nitrogens is 5. The molecule has 0 saturated heterocycles. The molecule has 3 aromatic heterocycles. The highest BCUT2D eigenvalue weighted by atomic mass is 32.1. The molecule has 0 radical (unpaired) electrons. The van der Waals surface area contributed by atoms with Crippen molar-refractivity contribution in [2.45, 2.75) is 39.4 Å². The highest BCUT2D eigenvalue weighted by Gasteiger charge is 2.30. The zero-order valence-electron chi connectivity index (χ0n) is 17.8. The summed E-state index contributed by atoms with van der Waals surface area (Å²) in [7, 11) is 1.82. The van der Waals surface area contributed by atoms with Crippen LogP contribution < -0.4 is 15.5 Å². The lowest BCUT2D eigenvalue weighted by atomic mass is 10.2. The first kappa shape index (κ1) is 23.4. The van der Waals surface area contributed by atoms with Crippen molar-refractivity contribution < 1.29 is 13.6 Å². The normalized spacial score (nSPS) is 15.2. The fourth-order valence-corrected chi connectivity index (χ4v) is 3.24. The molecule has 170 valence electrons. The lowest BCUT2D eigenvalue weighted by molar-refractivity contribution is -0.117. The number of hydrogen-bond donors (Lipinski definition) is 2. The largest absolute Gasteiger partial charge is 0.350 e. The highest BCUT2D eigenvalue weighted by molar-refractivity contribution is 7.59. The third-order valence-corrected chi connectivity index (χ3v) is 5.17. The predicted molar refractivity (Wildman–Crippen MR) is 121 cm³/mol. The molecule has 0 aliphatic carbocycles. The lowest BCUT2D eigenvalue weighted by Gasteiger charge is -2.32. The summed E-state index contributed by atoms with van der Waals surface area (Å²) >= 11 is 0. The van der Waals surface area contributed by atoms with Gasteiger partial charge < -0.3 is 15.5 Å². The first-order valence-corrected chi connectivity index (χ1v) is 9.72. The summed E-state index contributed by atoms with van der Waals surface area (Å²) in [4.78, 5) is 26.6. The molecule has 0 spiro atoms. The quantitative estimate of drug-likeness (QED) is 0.581. The topological polar surface area (TPSA) is 101 Å². The van der Waals surface area contributed by atoms with E-state index < -0.39 is 6.43 Å². The van der Waals surface area contributed by atoms with E-state index >= 15 is 0 Å². The van der Waals surface area contributed by atoms with Crippen LogP contribution in [-0.2, 0) is 17.9 Å². The van der Waals surface area contributed by atoms with Crippen LogP contribution in [-0.4, -0.2) is 43.7 Å². The Morgan fingerprint density at radius 2 is 2.00 bits per heavy atom. The number of likely N-dealkylation sites (N-methyl/N-ethyl adjacent to an activating group) is 1. The smallest absolute Gasteiger partial charge is 0.280 e. The van der Waals surface area contributed by atoms with E-state index in [1.165, 1.54) is 12.3 Å². The number of fused-ring (bicyclic) bond motifs is 1. The Labute approximate surface area is 190 Å². The van der Waals surface area contributed by atoms with E-state index in [0.717, 1.165) is 11.1 Å². The number of nitrogens with zero attached hydrogens (tertiary/aromatic N) is 6. The van der Waals surface area contributed by atoms with Crippen LogP contribution in [0.25, 0.3) is 0 Å². The van der Waals surface area contributed by atoms with Gasteiger partial charge in [0.15, 0.2) is 5.82 Å². The van der Waals surface area contributed by atoms with Crippen molar-refractivity contribution in [3.63, 3.8) is 0 Å². The number of hydrogen-bond acceptors (Lipinski definition) is 7. The molecular formula is C20H24F2N8OS. The number of nitrogens with one attached hydrogen (secondary N) is 2. The SMILES string of the molecule is Cc1nc(NCc2cnn(Cc3ccc(C(F)F)nc3)c2)nc2c1NC(=O)[C@H](C)N2C.S. The van der Waals surface area contributed by atoms with Gasteiger partial charge in [-0.05, 0) is 25.5 Å². The molecule has 1 atom stereocenters. The fourth-order valence-electron chi connectivity index (χ4n) is 3.24. The van der Waals surface area contributed by atoms with Gasteiger partial charge in [0.25, 0.3) is 6.43 Å². The van der Waals surface area contributed by atoms with E-state index in [9.17, 15) is 13.6 Å². The molecule has 3 aromatic rings. The third kappa shape index (κ3) is 4.79. The number of carbonyl (C=O) groups excluding carboxylic acids is 1.